The molecule has 1 aromatic heterocycles. The zero-order valence-electron chi connectivity index (χ0n) is 10.9. The molecular weight excluding hydrogens is 262 g/mol. The van der Waals surface area contributed by atoms with Gasteiger partial charge in [0.25, 0.3) is 5.56 Å². The summed E-state index contributed by atoms with van der Waals surface area (Å²) in [6.07, 6.45) is 1.66. The number of hydrogen-bond donors (Lipinski definition) is 1. The van der Waals surface area contributed by atoms with Crippen LogP contribution in [0.25, 0.3) is 0 Å². The minimum atomic E-state index is -0.124. The minimum Gasteiger partial charge on any atom is -0.381 e. The van der Waals surface area contributed by atoms with Crippen LogP contribution in [0.3, 0.4) is 0 Å². The Bertz CT molecular complexity index is 605. The Morgan fingerprint density at radius 2 is 2.00 bits per heavy atom. The van der Waals surface area contributed by atoms with Gasteiger partial charge in [0.05, 0.1) is 18.4 Å². The second-order valence-corrected chi connectivity index (χ2v) is 5.10. The summed E-state index contributed by atoms with van der Waals surface area (Å²) in [5.41, 5.74) is 1.61. The lowest BCUT2D eigenvalue weighted by Gasteiger charge is -2.10. The molecule has 0 aliphatic carbocycles. The molecule has 0 radical (unpaired) electrons. The molecule has 0 amide bonds. The molecule has 4 nitrogen and oxygen atoms in total. The van der Waals surface area contributed by atoms with Gasteiger partial charge in [-0.3, -0.25) is 4.79 Å². The number of rotatable bonds is 4. The van der Waals surface area contributed by atoms with Crippen molar-refractivity contribution < 1.29 is 0 Å². The Morgan fingerprint density at radius 1 is 1.32 bits per heavy atom. The molecule has 2 rings (SSSR count). The van der Waals surface area contributed by atoms with Gasteiger partial charge in [0.1, 0.15) is 0 Å². The maximum atomic E-state index is 11.9. The van der Waals surface area contributed by atoms with Crippen molar-refractivity contribution >= 4 is 17.3 Å². The Labute approximate surface area is 117 Å². The summed E-state index contributed by atoms with van der Waals surface area (Å²) < 4.78 is 1.43. The lowest BCUT2D eigenvalue weighted by molar-refractivity contribution is 0.639. The van der Waals surface area contributed by atoms with Crippen LogP contribution in [0, 0.1) is 0 Å². The largest absolute Gasteiger partial charge is 0.381 e. The zero-order valence-corrected chi connectivity index (χ0v) is 11.7. The van der Waals surface area contributed by atoms with Crippen molar-refractivity contribution in [1.82, 2.24) is 9.78 Å². The molecule has 0 aliphatic heterocycles. The van der Waals surface area contributed by atoms with E-state index in [1.54, 1.807) is 24.4 Å². The fraction of sp³-hybridized carbons (Fsp3) is 0.286. The van der Waals surface area contributed by atoms with Gasteiger partial charge in [-0.1, -0.05) is 23.7 Å². The van der Waals surface area contributed by atoms with Crippen molar-refractivity contribution in [3.8, 4) is 0 Å². The highest BCUT2D eigenvalue weighted by molar-refractivity contribution is 6.30. The van der Waals surface area contributed by atoms with E-state index >= 15 is 0 Å². The number of hydrogen-bond acceptors (Lipinski definition) is 3. The number of aromatic nitrogens is 2. The number of nitrogens with zero attached hydrogens (tertiary/aromatic N) is 2. The summed E-state index contributed by atoms with van der Waals surface area (Å²) in [6.45, 7) is 4.47. The molecule has 1 heterocycles. The predicted octanol–water partition coefficient (Wildman–Crippen LogP) is 2.77. The summed E-state index contributed by atoms with van der Waals surface area (Å²) >= 11 is 5.82. The molecule has 0 fully saturated rings. The fourth-order valence-electron chi connectivity index (χ4n) is 1.73. The number of benzene rings is 1. The predicted molar refractivity (Wildman–Crippen MR) is 77.8 cm³/mol. The molecule has 0 aliphatic rings. The van der Waals surface area contributed by atoms with E-state index in [9.17, 15) is 4.79 Å². The zero-order chi connectivity index (χ0) is 13.8. The van der Waals surface area contributed by atoms with Gasteiger partial charge in [-0.15, -0.1) is 0 Å². The van der Waals surface area contributed by atoms with E-state index in [2.05, 4.69) is 10.4 Å². The number of anilines is 1. The summed E-state index contributed by atoms with van der Waals surface area (Å²) in [5, 5.41) is 7.99. The van der Waals surface area contributed by atoms with Crippen LogP contribution in [0.4, 0.5) is 5.69 Å². The molecule has 0 bridgehead atoms. The second kappa shape index (κ2) is 5.89. The summed E-state index contributed by atoms with van der Waals surface area (Å²) in [7, 11) is 0. The third-order valence-electron chi connectivity index (χ3n) is 2.57. The lowest BCUT2D eigenvalue weighted by Crippen LogP contribution is -2.24. The Balaban J connectivity index is 2.17. The molecule has 1 N–H and O–H groups in total. The maximum absolute atomic E-state index is 11.9. The van der Waals surface area contributed by atoms with E-state index in [1.165, 1.54) is 4.68 Å². The summed E-state index contributed by atoms with van der Waals surface area (Å²) in [6, 6.07) is 9.21. The van der Waals surface area contributed by atoms with Crippen LogP contribution in [-0.4, -0.2) is 15.8 Å². The van der Waals surface area contributed by atoms with Gasteiger partial charge in [0, 0.05) is 17.1 Å². The topological polar surface area (TPSA) is 46.9 Å². The highest BCUT2D eigenvalue weighted by Crippen LogP contribution is 2.10. The third kappa shape index (κ3) is 3.83. The molecule has 5 heteroatoms. The molecular formula is C14H16ClN3O. The Kier molecular flexibility index (Phi) is 4.22. The van der Waals surface area contributed by atoms with Crippen LogP contribution in [0.1, 0.15) is 19.4 Å². The highest BCUT2D eigenvalue weighted by atomic mass is 35.5. The van der Waals surface area contributed by atoms with Crippen molar-refractivity contribution in [1.29, 1.82) is 0 Å². The van der Waals surface area contributed by atoms with Crippen molar-refractivity contribution in [2.75, 3.05) is 5.32 Å². The molecule has 1 aromatic carbocycles. The SMILES string of the molecule is CC(C)Nc1cnn(Cc2ccc(Cl)cc2)c(=O)c1. The van der Waals surface area contributed by atoms with Crippen LogP contribution in [0.15, 0.2) is 41.3 Å². The minimum absolute atomic E-state index is 0.124. The Hall–Kier alpha value is -1.81. The van der Waals surface area contributed by atoms with Gasteiger partial charge in [0.2, 0.25) is 0 Å². The quantitative estimate of drug-likeness (QED) is 0.935. The Morgan fingerprint density at radius 3 is 2.58 bits per heavy atom. The van der Waals surface area contributed by atoms with Gasteiger partial charge in [-0.25, -0.2) is 4.68 Å². The maximum Gasteiger partial charge on any atom is 0.269 e. The van der Waals surface area contributed by atoms with Crippen LogP contribution in [0.5, 0.6) is 0 Å². The molecule has 0 saturated carbocycles. The standard InChI is InChI=1S/C14H16ClN3O/c1-10(2)17-13-7-14(19)18(16-8-13)9-11-3-5-12(15)6-4-11/h3-8,10,17H,9H2,1-2H3. The monoisotopic (exact) mass is 277 g/mol. The molecule has 100 valence electrons. The smallest absolute Gasteiger partial charge is 0.269 e. The van der Waals surface area contributed by atoms with Gasteiger partial charge >= 0.3 is 0 Å². The first-order valence-electron chi connectivity index (χ1n) is 6.13. The average molecular weight is 278 g/mol. The van der Waals surface area contributed by atoms with Crippen LogP contribution >= 0.6 is 11.6 Å². The van der Waals surface area contributed by atoms with Crippen LogP contribution < -0.4 is 10.9 Å². The van der Waals surface area contributed by atoms with E-state index in [4.69, 9.17) is 11.6 Å². The first kappa shape index (κ1) is 13.6. The van der Waals surface area contributed by atoms with Gasteiger partial charge in [0.15, 0.2) is 0 Å². The van der Waals surface area contributed by atoms with Crippen molar-refractivity contribution in [2.45, 2.75) is 26.4 Å². The lowest BCUT2D eigenvalue weighted by atomic mass is 10.2. The summed E-state index contributed by atoms with van der Waals surface area (Å²) in [5.74, 6) is 0. The molecule has 19 heavy (non-hydrogen) atoms. The van der Waals surface area contributed by atoms with Crippen molar-refractivity contribution in [3.05, 3.63) is 57.5 Å². The van der Waals surface area contributed by atoms with E-state index in [1.807, 2.05) is 26.0 Å². The molecule has 2 aromatic rings. The van der Waals surface area contributed by atoms with Crippen molar-refractivity contribution in [2.24, 2.45) is 0 Å². The highest BCUT2D eigenvalue weighted by Gasteiger charge is 2.02. The number of halogens is 1. The van der Waals surface area contributed by atoms with Gasteiger partial charge in [-0.2, -0.15) is 5.10 Å². The molecule has 0 spiro atoms. The summed E-state index contributed by atoms with van der Waals surface area (Å²) in [4.78, 5) is 11.9. The van der Waals surface area contributed by atoms with E-state index in [0.717, 1.165) is 11.3 Å². The van der Waals surface area contributed by atoms with Crippen LogP contribution in [-0.2, 0) is 6.54 Å². The van der Waals surface area contributed by atoms with E-state index in [-0.39, 0.29) is 11.6 Å². The average Bonchev–Trinajstić information content (AvgIpc) is 2.34. The first-order chi connectivity index (χ1) is 9.04. The molecule has 0 unspecified atom stereocenters. The molecule has 0 atom stereocenters. The first-order valence-corrected chi connectivity index (χ1v) is 6.50. The van der Waals surface area contributed by atoms with Gasteiger partial charge in [-0.05, 0) is 31.5 Å². The fourth-order valence-corrected chi connectivity index (χ4v) is 1.85. The second-order valence-electron chi connectivity index (χ2n) is 4.67. The van der Waals surface area contributed by atoms with Crippen LogP contribution in [0.2, 0.25) is 5.02 Å². The third-order valence-corrected chi connectivity index (χ3v) is 2.82. The normalized spacial score (nSPS) is 10.7. The van der Waals surface area contributed by atoms with Crippen molar-refractivity contribution in [3.63, 3.8) is 0 Å². The van der Waals surface area contributed by atoms with Gasteiger partial charge < -0.3 is 5.32 Å². The van der Waals surface area contributed by atoms with E-state index < -0.39 is 0 Å². The molecule has 0 saturated heterocycles. The van der Waals surface area contributed by atoms with E-state index in [0.29, 0.717) is 11.6 Å². The number of nitrogens with one attached hydrogen (secondary N) is 1.